The first kappa shape index (κ1) is 19.4. The summed E-state index contributed by atoms with van der Waals surface area (Å²) >= 11 is 6.31. The van der Waals surface area contributed by atoms with E-state index in [4.69, 9.17) is 21.0 Å². The van der Waals surface area contributed by atoms with Crippen LogP contribution in [0.4, 0.5) is 5.69 Å². The highest BCUT2D eigenvalue weighted by Crippen LogP contribution is 2.26. The van der Waals surface area contributed by atoms with Crippen molar-refractivity contribution in [1.29, 1.82) is 0 Å². The van der Waals surface area contributed by atoms with Crippen molar-refractivity contribution in [2.24, 2.45) is 4.99 Å². The van der Waals surface area contributed by atoms with Crippen LogP contribution in [0, 0.1) is 0 Å². The van der Waals surface area contributed by atoms with Gasteiger partial charge in [-0.25, -0.2) is 4.99 Å². The van der Waals surface area contributed by atoms with Gasteiger partial charge in [-0.2, -0.15) is 0 Å². The fraction of sp³-hybridized carbons (Fsp3) is 0.292. The van der Waals surface area contributed by atoms with E-state index < -0.39 is 0 Å². The number of para-hydroxylation sites is 1. The molecule has 0 aliphatic rings. The fourth-order valence-corrected chi connectivity index (χ4v) is 3.49. The Morgan fingerprint density at radius 3 is 2.59 bits per heavy atom. The molecule has 0 unspecified atom stereocenters. The van der Waals surface area contributed by atoms with E-state index >= 15 is 0 Å². The second-order valence-corrected chi connectivity index (χ2v) is 7.19. The molecule has 3 aromatic rings. The molecule has 3 heteroatoms. The molecule has 140 valence electrons. The van der Waals surface area contributed by atoms with Crippen molar-refractivity contribution in [2.45, 2.75) is 45.4 Å². The third kappa shape index (κ3) is 4.90. The van der Waals surface area contributed by atoms with Crippen LogP contribution in [0.5, 0.6) is 0 Å². The van der Waals surface area contributed by atoms with Crippen molar-refractivity contribution in [1.82, 2.24) is 0 Å². The lowest BCUT2D eigenvalue weighted by Crippen LogP contribution is -2.09. The van der Waals surface area contributed by atoms with Crippen LogP contribution in [0.1, 0.15) is 43.9 Å². The van der Waals surface area contributed by atoms with Crippen molar-refractivity contribution in [3.05, 3.63) is 83.1 Å². The summed E-state index contributed by atoms with van der Waals surface area (Å²) < 4.78 is 6.34. The Labute approximate surface area is 166 Å². The van der Waals surface area contributed by atoms with E-state index in [1.807, 2.05) is 54.6 Å². The normalized spacial score (nSPS) is 11.9. The summed E-state index contributed by atoms with van der Waals surface area (Å²) in [6.07, 6.45) is 8.37. The molecule has 0 atom stereocenters. The summed E-state index contributed by atoms with van der Waals surface area (Å²) in [7, 11) is 0. The standard InChI is InChI=1S/C24H26ClNO/c1-3-5-6-10-14-23-20(11-4-2)22-17-18(25)15-16-21(22)24(27-23)26-19-12-8-7-9-13-19/h4,7-9,12-13,15-17H,2-3,5-6,10-11,14H2,1H3. The molecular weight excluding hydrogens is 354 g/mol. The second-order valence-electron chi connectivity index (χ2n) is 6.75. The molecule has 0 saturated carbocycles. The first-order valence-electron chi connectivity index (χ1n) is 9.67. The lowest BCUT2D eigenvalue weighted by Gasteiger charge is -2.12. The van der Waals surface area contributed by atoms with Gasteiger partial charge in [-0.1, -0.05) is 62.1 Å². The first-order chi connectivity index (χ1) is 13.2. The van der Waals surface area contributed by atoms with Gasteiger partial charge in [0.1, 0.15) is 5.76 Å². The Kier molecular flexibility index (Phi) is 6.89. The number of rotatable bonds is 8. The van der Waals surface area contributed by atoms with Crippen LogP contribution < -0.4 is 5.55 Å². The number of allylic oxidation sites excluding steroid dienone is 1. The first-order valence-corrected chi connectivity index (χ1v) is 10.1. The number of hydrogen-bond acceptors (Lipinski definition) is 2. The lowest BCUT2D eigenvalue weighted by molar-refractivity contribution is 0.441. The lowest BCUT2D eigenvalue weighted by atomic mass is 9.99. The molecule has 0 aliphatic carbocycles. The number of benzene rings is 2. The van der Waals surface area contributed by atoms with Crippen molar-refractivity contribution >= 4 is 28.1 Å². The fourth-order valence-electron chi connectivity index (χ4n) is 3.32. The van der Waals surface area contributed by atoms with E-state index in [0.717, 1.165) is 46.5 Å². The molecule has 2 aromatic carbocycles. The van der Waals surface area contributed by atoms with Crippen LogP contribution in [0.2, 0.25) is 5.02 Å². The SMILES string of the molecule is C=CCc1c(CCCCCC)oc(=Nc2ccccc2)c2ccc(Cl)cc12. The van der Waals surface area contributed by atoms with Crippen LogP contribution in [0.3, 0.4) is 0 Å². The smallest absolute Gasteiger partial charge is 0.227 e. The van der Waals surface area contributed by atoms with E-state index in [9.17, 15) is 0 Å². The van der Waals surface area contributed by atoms with E-state index in [-0.39, 0.29) is 0 Å². The maximum absolute atomic E-state index is 6.34. The molecule has 0 amide bonds. The van der Waals surface area contributed by atoms with Gasteiger partial charge in [0.05, 0.1) is 5.69 Å². The van der Waals surface area contributed by atoms with E-state index in [2.05, 4.69) is 13.5 Å². The maximum atomic E-state index is 6.34. The molecule has 3 rings (SSSR count). The average molecular weight is 380 g/mol. The van der Waals surface area contributed by atoms with Gasteiger partial charge in [0.25, 0.3) is 0 Å². The number of aryl methyl sites for hydroxylation is 1. The zero-order valence-electron chi connectivity index (χ0n) is 15.9. The van der Waals surface area contributed by atoms with Gasteiger partial charge in [-0.05, 0) is 48.6 Å². The van der Waals surface area contributed by atoms with Gasteiger partial charge in [-0.3, -0.25) is 0 Å². The van der Waals surface area contributed by atoms with E-state index in [0.29, 0.717) is 5.55 Å². The van der Waals surface area contributed by atoms with Gasteiger partial charge in [0.15, 0.2) is 0 Å². The molecular formula is C24H26ClNO. The highest BCUT2D eigenvalue weighted by molar-refractivity contribution is 6.31. The highest BCUT2D eigenvalue weighted by atomic mass is 35.5. The van der Waals surface area contributed by atoms with E-state index in [1.165, 1.54) is 24.8 Å². The van der Waals surface area contributed by atoms with Gasteiger partial charge < -0.3 is 4.42 Å². The van der Waals surface area contributed by atoms with Gasteiger partial charge in [0, 0.05) is 22.4 Å². The molecule has 0 aliphatic heterocycles. The number of fused-ring (bicyclic) bond motifs is 1. The van der Waals surface area contributed by atoms with Crippen LogP contribution in [0.25, 0.3) is 10.8 Å². The van der Waals surface area contributed by atoms with Crippen LogP contribution in [-0.2, 0) is 12.8 Å². The summed E-state index contributed by atoms with van der Waals surface area (Å²) in [5.74, 6) is 0.996. The predicted molar refractivity (Wildman–Crippen MR) is 115 cm³/mol. The number of hydrogen-bond donors (Lipinski definition) is 0. The molecule has 0 bridgehead atoms. The summed E-state index contributed by atoms with van der Waals surface area (Å²) in [5.41, 5.74) is 2.70. The Bertz CT molecular complexity index is 973. The Balaban J connectivity index is 2.17. The predicted octanol–water partition coefficient (Wildman–Crippen LogP) is 7.17. The molecule has 0 saturated heterocycles. The van der Waals surface area contributed by atoms with Gasteiger partial charge >= 0.3 is 0 Å². The zero-order valence-corrected chi connectivity index (χ0v) is 16.6. The van der Waals surface area contributed by atoms with Crippen LogP contribution >= 0.6 is 11.6 Å². The molecule has 0 radical (unpaired) electrons. The van der Waals surface area contributed by atoms with Crippen molar-refractivity contribution < 1.29 is 4.42 Å². The third-order valence-electron chi connectivity index (χ3n) is 4.69. The van der Waals surface area contributed by atoms with Crippen molar-refractivity contribution in [3.63, 3.8) is 0 Å². The molecule has 0 spiro atoms. The number of nitrogens with zero attached hydrogens (tertiary/aromatic N) is 1. The average Bonchev–Trinajstić information content (AvgIpc) is 2.68. The van der Waals surface area contributed by atoms with Crippen LogP contribution in [0.15, 0.2) is 70.6 Å². The minimum absolute atomic E-state index is 0.645. The van der Waals surface area contributed by atoms with Crippen molar-refractivity contribution in [2.75, 3.05) is 0 Å². The quantitative estimate of drug-likeness (QED) is 0.301. The van der Waals surface area contributed by atoms with Gasteiger partial charge in [-0.15, -0.1) is 6.58 Å². The van der Waals surface area contributed by atoms with Crippen molar-refractivity contribution in [3.8, 4) is 0 Å². The summed E-state index contributed by atoms with van der Waals surface area (Å²) in [4.78, 5) is 4.77. The van der Waals surface area contributed by atoms with Gasteiger partial charge in [0.2, 0.25) is 5.55 Å². The number of unbranched alkanes of at least 4 members (excludes halogenated alkanes) is 3. The maximum Gasteiger partial charge on any atom is 0.227 e. The molecule has 27 heavy (non-hydrogen) atoms. The molecule has 1 aromatic heterocycles. The minimum Gasteiger partial charge on any atom is -0.442 e. The highest BCUT2D eigenvalue weighted by Gasteiger charge is 2.13. The topological polar surface area (TPSA) is 25.5 Å². The number of halogens is 1. The summed E-state index contributed by atoms with van der Waals surface area (Å²) in [6, 6.07) is 15.8. The van der Waals surface area contributed by atoms with E-state index in [1.54, 1.807) is 0 Å². The van der Waals surface area contributed by atoms with Crippen LogP contribution in [-0.4, -0.2) is 0 Å². The zero-order chi connectivity index (χ0) is 19.1. The largest absolute Gasteiger partial charge is 0.442 e. The second kappa shape index (κ2) is 9.57. The summed E-state index contributed by atoms with van der Waals surface area (Å²) in [5, 5.41) is 2.81. The monoisotopic (exact) mass is 379 g/mol. The molecule has 2 nitrogen and oxygen atoms in total. The summed E-state index contributed by atoms with van der Waals surface area (Å²) in [6.45, 7) is 6.15. The third-order valence-corrected chi connectivity index (χ3v) is 4.92. The molecule has 0 fully saturated rings. The molecule has 0 N–H and O–H groups in total. The Morgan fingerprint density at radius 1 is 1.04 bits per heavy atom. The Hall–Kier alpha value is -2.32. The minimum atomic E-state index is 0.645. The Morgan fingerprint density at radius 2 is 1.85 bits per heavy atom. The molecule has 1 heterocycles.